The lowest BCUT2D eigenvalue weighted by molar-refractivity contribution is -0.124. The predicted molar refractivity (Wildman–Crippen MR) is 141 cm³/mol. The highest BCUT2D eigenvalue weighted by atomic mass is 16.5. The number of carbonyl (C=O) groups excluding carboxylic acids is 2. The van der Waals surface area contributed by atoms with E-state index in [1.807, 2.05) is 30.0 Å². The Labute approximate surface area is 220 Å². The Bertz CT molecular complexity index is 934. The molecule has 1 aromatic carbocycles. The van der Waals surface area contributed by atoms with Crippen LogP contribution in [0, 0.1) is 11.3 Å². The van der Waals surface area contributed by atoms with E-state index in [1.165, 1.54) is 5.56 Å². The first-order chi connectivity index (χ1) is 18.0. The number of rotatable bonds is 9. The average Bonchev–Trinajstić information content (AvgIpc) is 2.93. The number of nitriles is 1. The summed E-state index contributed by atoms with van der Waals surface area (Å²) in [7, 11) is 0. The standard InChI is InChI=1S/C27H40N6O4/c1-3-8-23(29-25(30-26(35)37-4-2)33-17-19-36-20-18-33)24(34)31-27(21-28)12-15-32(16-13-27)14-11-22-9-6-5-7-10-22/h5-7,9-10,23H,3-4,8,11-20H2,1-2H3,(H,31,34)(H,29,30,35). The summed E-state index contributed by atoms with van der Waals surface area (Å²) in [4.78, 5) is 34.5. The number of hydrogen-bond donors (Lipinski definition) is 2. The summed E-state index contributed by atoms with van der Waals surface area (Å²) in [5.74, 6) is 0.00893. The van der Waals surface area contributed by atoms with E-state index in [0.29, 0.717) is 51.5 Å². The van der Waals surface area contributed by atoms with Crippen LogP contribution in [0.15, 0.2) is 35.3 Å². The Morgan fingerprint density at radius 3 is 2.49 bits per heavy atom. The number of hydrogen-bond acceptors (Lipinski definition) is 7. The fourth-order valence-electron chi connectivity index (χ4n) is 4.58. The zero-order chi connectivity index (χ0) is 26.5. The third-order valence-corrected chi connectivity index (χ3v) is 6.79. The van der Waals surface area contributed by atoms with E-state index in [-0.39, 0.29) is 12.5 Å². The Balaban J connectivity index is 1.65. The van der Waals surface area contributed by atoms with Crippen LogP contribution < -0.4 is 10.6 Å². The quantitative estimate of drug-likeness (QED) is 0.385. The van der Waals surface area contributed by atoms with E-state index in [1.54, 1.807) is 6.92 Å². The Kier molecular flexibility index (Phi) is 11.2. The van der Waals surface area contributed by atoms with Crippen LogP contribution in [0.4, 0.5) is 4.79 Å². The molecule has 2 amide bonds. The molecule has 1 aromatic rings. The number of morpholine rings is 1. The first-order valence-corrected chi connectivity index (χ1v) is 13.3. The van der Waals surface area contributed by atoms with Gasteiger partial charge in [0.1, 0.15) is 11.6 Å². The normalized spacial score (nSPS) is 18.9. The van der Waals surface area contributed by atoms with Crippen LogP contribution in [-0.4, -0.2) is 91.9 Å². The highest BCUT2D eigenvalue weighted by Crippen LogP contribution is 2.23. The van der Waals surface area contributed by atoms with E-state index in [2.05, 4.69) is 38.7 Å². The summed E-state index contributed by atoms with van der Waals surface area (Å²) >= 11 is 0. The molecule has 2 heterocycles. The molecular formula is C27H40N6O4. The smallest absolute Gasteiger partial charge is 0.413 e. The molecular weight excluding hydrogens is 472 g/mol. The molecule has 2 fully saturated rings. The van der Waals surface area contributed by atoms with Crippen molar-refractivity contribution in [3.05, 3.63) is 35.9 Å². The van der Waals surface area contributed by atoms with Crippen molar-refractivity contribution in [1.82, 2.24) is 20.4 Å². The maximum atomic E-state index is 13.4. The predicted octanol–water partition coefficient (Wildman–Crippen LogP) is 2.31. The van der Waals surface area contributed by atoms with Crippen molar-refractivity contribution in [2.75, 3.05) is 52.5 Å². The molecule has 0 spiro atoms. The average molecular weight is 513 g/mol. The van der Waals surface area contributed by atoms with Crippen molar-refractivity contribution in [1.29, 1.82) is 5.26 Å². The molecule has 0 aliphatic carbocycles. The van der Waals surface area contributed by atoms with Gasteiger partial charge >= 0.3 is 6.09 Å². The number of ether oxygens (including phenoxy) is 2. The van der Waals surface area contributed by atoms with Crippen LogP contribution in [-0.2, 0) is 20.7 Å². The lowest BCUT2D eigenvalue weighted by atomic mass is 9.88. The van der Waals surface area contributed by atoms with Gasteiger partial charge in [0.15, 0.2) is 0 Å². The van der Waals surface area contributed by atoms with Crippen molar-refractivity contribution in [2.24, 2.45) is 4.99 Å². The number of alkyl carbamates (subject to hydrolysis) is 1. The van der Waals surface area contributed by atoms with E-state index < -0.39 is 17.7 Å². The van der Waals surface area contributed by atoms with Crippen LogP contribution in [0.25, 0.3) is 0 Å². The summed E-state index contributed by atoms with van der Waals surface area (Å²) in [6, 6.07) is 12.0. The molecule has 0 saturated carbocycles. The Morgan fingerprint density at radius 1 is 1.16 bits per heavy atom. The van der Waals surface area contributed by atoms with Gasteiger partial charge in [0.25, 0.3) is 0 Å². The fourth-order valence-corrected chi connectivity index (χ4v) is 4.58. The number of amides is 2. The van der Waals surface area contributed by atoms with E-state index in [4.69, 9.17) is 9.47 Å². The van der Waals surface area contributed by atoms with Crippen LogP contribution >= 0.6 is 0 Å². The van der Waals surface area contributed by atoms with Crippen LogP contribution in [0.1, 0.15) is 45.1 Å². The summed E-state index contributed by atoms with van der Waals surface area (Å²) in [5, 5.41) is 15.8. The fraction of sp³-hybridized carbons (Fsp3) is 0.630. The van der Waals surface area contributed by atoms with Gasteiger partial charge in [-0.1, -0.05) is 43.7 Å². The molecule has 0 aromatic heterocycles. The van der Waals surface area contributed by atoms with E-state index in [0.717, 1.165) is 32.5 Å². The number of carbonyl (C=O) groups is 2. The summed E-state index contributed by atoms with van der Waals surface area (Å²) in [6.45, 7) is 8.45. The van der Waals surface area contributed by atoms with Crippen molar-refractivity contribution >= 4 is 18.0 Å². The van der Waals surface area contributed by atoms with Crippen LogP contribution in [0.5, 0.6) is 0 Å². The van der Waals surface area contributed by atoms with Crippen molar-refractivity contribution < 1.29 is 19.1 Å². The third-order valence-electron chi connectivity index (χ3n) is 6.79. The molecule has 10 nitrogen and oxygen atoms in total. The second-order valence-corrected chi connectivity index (χ2v) is 9.46. The third kappa shape index (κ3) is 8.72. The lowest BCUT2D eigenvalue weighted by Crippen LogP contribution is -2.57. The molecule has 1 atom stereocenters. The number of piperidine rings is 1. The maximum absolute atomic E-state index is 13.4. The SMILES string of the molecule is CCCC(N=C(NC(=O)OCC)N1CCOCC1)C(=O)NC1(C#N)CCN(CCc2ccccc2)CC1. The first-order valence-electron chi connectivity index (χ1n) is 13.3. The van der Waals surface area contributed by atoms with Crippen molar-refractivity contribution in [2.45, 2.75) is 57.5 Å². The number of benzene rings is 1. The molecule has 0 radical (unpaired) electrons. The second-order valence-electron chi connectivity index (χ2n) is 9.46. The van der Waals surface area contributed by atoms with Crippen LogP contribution in [0.3, 0.4) is 0 Å². The number of nitrogens with zero attached hydrogens (tertiary/aromatic N) is 4. The molecule has 0 bridgehead atoms. The molecule has 2 saturated heterocycles. The number of likely N-dealkylation sites (tertiary alicyclic amines) is 1. The number of guanidine groups is 1. The molecule has 3 rings (SSSR count). The second kappa shape index (κ2) is 14.5. The summed E-state index contributed by atoms with van der Waals surface area (Å²) in [5.41, 5.74) is 0.371. The monoisotopic (exact) mass is 512 g/mol. The molecule has 2 aliphatic heterocycles. The number of nitrogens with one attached hydrogen (secondary N) is 2. The summed E-state index contributed by atoms with van der Waals surface area (Å²) < 4.78 is 10.5. The zero-order valence-corrected chi connectivity index (χ0v) is 22.1. The largest absolute Gasteiger partial charge is 0.450 e. The molecule has 2 N–H and O–H groups in total. The van der Waals surface area contributed by atoms with Gasteiger partial charge in [0, 0.05) is 32.7 Å². The Hall–Kier alpha value is -3.16. The van der Waals surface area contributed by atoms with Crippen molar-refractivity contribution in [3.8, 4) is 6.07 Å². The van der Waals surface area contributed by atoms with Gasteiger partial charge in [-0.15, -0.1) is 0 Å². The molecule has 10 heteroatoms. The molecule has 1 unspecified atom stereocenters. The van der Waals surface area contributed by atoms with Gasteiger partial charge in [-0.25, -0.2) is 9.79 Å². The molecule has 2 aliphatic rings. The van der Waals surface area contributed by atoms with E-state index >= 15 is 0 Å². The van der Waals surface area contributed by atoms with Gasteiger partial charge < -0.3 is 24.6 Å². The zero-order valence-electron chi connectivity index (χ0n) is 22.1. The number of aliphatic imine (C=N–C) groups is 1. The maximum Gasteiger partial charge on any atom is 0.413 e. The first kappa shape index (κ1) is 28.4. The summed E-state index contributed by atoms with van der Waals surface area (Å²) in [6.07, 6.45) is 2.69. The van der Waals surface area contributed by atoms with Gasteiger partial charge in [-0.2, -0.15) is 5.26 Å². The molecule has 37 heavy (non-hydrogen) atoms. The van der Waals surface area contributed by atoms with Crippen LogP contribution in [0.2, 0.25) is 0 Å². The topological polar surface area (TPSA) is 119 Å². The molecule has 202 valence electrons. The highest BCUT2D eigenvalue weighted by molar-refractivity contribution is 5.96. The minimum absolute atomic E-state index is 0.230. The highest BCUT2D eigenvalue weighted by Gasteiger charge is 2.37. The minimum Gasteiger partial charge on any atom is -0.450 e. The Morgan fingerprint density at radius 2 is 1.86 bits per heavy atom. The van der Waals surface area contributed by atoms with E-state index in [9.17, 15) is 14.9 Å². The van der Waals surface area contributed by atoms with Gasteiger partial charge in [0.05, 0.1) is 25.9 Å². The lowest BCUT2D eigenvalue weighted by Gasteiger charge is -2.38. The van der Waals surface area contributed by atoms with Gasteiger partial charge in [-0.05, 0) is 38.2 Å². The van der Waals surface area contributed by atoms with Gasteiger partial charge in [-0.3, -0.25) is 10.1 Å². The van der Waals surface area contributed by atoms with Crippen molar-refractivity contribution in [3.63, 3.8) is 0 Å². The minimum atomic E-state index is -0.921. The van der Waals surface area contributed by atoms with Gasteiger partial charge in [0.2, 0.25) is 11.9 Å².